The summed E-state index contributed by atoms with van der Waals surface area (Å²) in [7, 11) is 0. The second kappa shape index (κ2) is 4.81. The first-order chi connectivity index (χ1) is 7.27. The monoisotopic (exact) mass is 212 g/mol. The quantitative estimate of drug-likeness (QED) is 0.728. The Hall–Kier alpha value is -0.120. The SMILES string of the molecule is CC1CCN(C2CCCC2CN)C1CO. The predicted octanol–water partition coefficient (Wildman–Crippen LogP) is 0.816. The molecule has 0 aromatic carbocycles. The predicted molar refractivity (Wildman–Crippen MR) is 61.5 cm³/mol. The summed E-state index contributed by atoms with van der Waals surface area (Å²) in [6.45, 7) is 4.55. The number of likely N-dealkylation sites (tertiary alicyclic amines) is 1. The maximum absolute atomic E-state index is 9.45. The first-order valence-corrected chi connectivity index (χ1v) is 6.34. The van der Waals surface area contributed by atoms with Crippen molar-refractivity contribution in [3.8, 4) is 0 Å². The molecule has 1 heterocycles. The molecule has 1 aliphatic heterocycles. The van der Waals surface area contributed by atoms with Crippen LogP contribution in [0.15, 0.2) is 0 Å². The second-order valence-corrected chi connectivity index (χ2v) is 5.25. The zero-order chi connectivity index (χ0) is 10.8. The largest absolute Gasteiger partial charge is 0.395 e. The summed E-state index contributed by atoms with van der Waals surface area (Å²) in [6, 6.07) is 1.04. The fourth-order valence-electron chi connectivity index (χ4n) is 3.46. The van der Waals surface area contributed by atoms with Gasteiger partial charge in [-0.2, -0.15) is 0 Å². The molecule has 2 aliphatic rings. The Kier molecular flexibility index (Phi) is 3.65. The van der Waals surface area contributed by atoms with Crippen LogP contribution in [0.3, 0.4) is 0 Å². The van der Waals surface area contributed by atoms with Crippen molar-refractivity contribution < 1.29 is 5.11 Å². The Morgan fingerprint density at radius 2 is 2.13 bits per heavy atom. The van der Waals surface area contributed by atoms with Crippen molar-refractivity contribution in [2.75, 3.05) is 19.7 Å². The lowest BCUT2D eigenvalue weighted by atomic mass is 9.99. The highest BCUT2D eigenvalue weighted by Gasteiger charge is 2.39. The third kappa shape index (κ3) is 2.05. The lowest BCUT2D eigenvalue weighted by Gasteiger charge is -2.34. The molecule has 3 heteroatoms. The van der Waals surface area contributed by atoms with E-state index in [9.17, 15) is 5.11 Å². The molecule has 88 valence electrons. The molecular weight excluding hydrogens is 188 g/mol. The minimum Gasteiger partial charge on any atom is -0.395 e. The first-order valence-electron chi connectivity index (χ1n) is 6.34. The zero-order valence-electron chi connectivity index (χ0n) is 9.73. The fraction of sp³-hybridized carbons (Fsp3) is 1.00. The Bertz CT molecular complexity index is 210. The van der Waals surface area contributed by atoms with E-state index in [4.69, 9.17) is 5.73 Å². The molecule has 4 unspecified atom stereocenters. The van der Waals surface area contributed by atoms with Crippen molar-refractivity contribution in [2.24, 2.45) is 17.6 Å². The zero-order valence-corrected chi connectivity index (χ0v) is 9.73. The highest BCUT2D eigenvalue weighted by molar-refractivity contribution is 4.94. The summed E-state index contributed by atoms with van der Waals surface area (Å²) in [5.74, 6) is 1.32. The van der Waals surface area contributed by atoms with Crippen LogP contribution in [0.4, 0.5) is 0 Å². The van der Waals surface area contributed by atoms with Crippen LogP contribution in [0.2, 0.25) is 0 Å². The average molecular weight is 212 g/mol. The van der Waals surface area contributed by atoms with Crippen LogP contribution in [-0.2, 0) is 0 Å². The lowest BCUT2D eigenvalue weighted by Crippen LogP contribution is -2.45. The third-order valence-corrected chi connectivity index (χ3v) is 4.46. The number of rotatable bonds is 3. The molecule has 0 aromatic heterocycles. The Morgan fingerprint density at radius 3 is 2.80 bits per heavy atom. The van der Waals surface area contributed by atoms with Crippen molar-refractivity contribution in [2.45, 2.75) is 44.7 Å². The molecule has 0 amide bonds. The van der Waals surface area contributed by atoms with Crippen molar-refractivity contribution in [1.82, 2.24) is 4.90 Å². The maximum atomic E-state index is 9.45. The molecule has 4 atom stereocenters. The molecular formula is C12H24N2O. The number of nitrogens with two attached hydrogens (primary N) is 1. The topological polar surface area (TPSA) is 49.5 Å². The van der Waals surface area contributed by atoms with E-state index in [0.717, 1.165) is 13.1 Å². The van der Waals surface area contributed by atoms with E-state index in [1.807, 2.05) is 0 Å². The van der Waals surface area contributed by atoms with Crippen LogP contribution in [0.5, 0.6) is 0 Å². The average Bonchev–Trinajstić information content (AvgIpc) is 2.82. The van der Waals surface area contributed by atoms with Crippen molar-refractivity contribution in [1.29, 1.82) is 0 Å². The van der Waals surface area contributed by atoms with Crippen LogP contribution >= 0.6 is 0 Å². The molecule has 0 spiro atoms. The Morgan fingerprint density at radius 1 is 1.33 bits per heavy atom. The summed E-state index contributed by atoms with van der Waals surface area (Å²) < 4.78 is 0. The van der Waals surface area contributed by atoms with Gasteiger partial charge in [0.1, 0.15) is 0 Å². The molecule has 0 radical (unpaired) electrons. The Balaban J connectivity index is 2.03. The number of hydrogen-bond acceptors (Lipinski definition) is 3. The van der Waals surface area contributed by atoms with E-state index in [2.05, 4.69) is 11.8 Å². The minimum absolute atomic E-state index is 0.314. The molecule has 0 bridgehead atoms. The summed E-state index contributed by atoms with van der Waals surface area (Å²) in [4.78, 5) is 2.54. The summed E-state index contributed by atoms with van der Waals surface area (Å²) >= 11 is 0. The molecule has 3 N–H and O–H groups in total. The van der Waals surface area contributed by atoms with E-state index in [0.29, 0.717) is 30.5 Å². The van der Waals surface area contributed by atoms with Gasteiger partial charge in [-0.25, -0.2) is 0 Å². The molecule has 1 aliphatic carbocycles. The standard InChI is InChI=1S/C12H24N2O/c1-9-5-6-14(12(9)8-15)11-4-2-3-10(11)7-13/h9-12,15H,2-8,13H2,1H3. The van der Waals surface area contributed by atoms with E-state index in [-0.39, 0.29) is 0 Å². The number of hydrogen-bond donors (Lipinski definition) is 2. The van der Waals surface area contributed by atoms with E-state index < -0.39 is 0 Å². The van der Waals surface area contributed by atoms with E-state index in [1.54, 1.807) is 0 Å². The van der Waals surface area contributed by atoms with Gasteiger partial charge in [0.2, 0.25) is 0 Å². The van der Waals surface area contributed by atoms with Gasteiger partial charge in [-0.1, -0.05) is 13.3 Å². The van der Waals surface area contributed by atoms with Crippen LogP contribution in [-0.4, -0.2) is 41.8 Å². The van der Waals surface area contributed by atoms with Crippen LogP contribution in [0.1, 0.15) is 32.6 Å². The lowest BCUT2D eigenvalue weighted by molar-refractivity contribution is 0.0864. The van der Waals surface area contributed by atoms with Crippen LogP contribution in [0.25, 0.3) is 0 Å². The van der Waals surface area contributed by atoms with Gasteiger partial charge < -0.3 is 10.8 Å². The number of aliphatic hydroxyl groups is 1. The summed E-state index contributed by atoms with van der Waals surface area (Å²) in [5.41, 5.74) is 5.82. The van der Waals surface area contributed by atoms with Gasteiger partial charge in [0, 0.05) is 12.1 Å². The van der Waals surface area contributed by atoms with Crippen LogP contribution < -0.4 is 5.73 Å². The van der Waals surface area contributed by atoms with E-state index in [1.165, 1.54) is 25.7 Å². The summed E-state index contributed by atoms with van der Waals surface area (Å²) in [5, 5.41) is 9.45. The fourth-order valence-corrected chi connectivity index (χ4v) is 3.46. The molecule has 2 fully saturated rings. The smallest absolute Gasteiger partial charge is 0.0589 e. The van der Waals surface area contributed by atoms with Crippen LogP contribution in [0, 0.1) is 11.8 Å². The molecule has 15 heavy (non-hydrogen) atoms. The van der Waals surface area contributed by atoms with Gasteiger partial charge in [-0.05, 0) is 44.2 Å². The van der Waals surface area contributed by atoms with Gasteiger partial charge in [-0.3, -0.25) is 4.90 Å². The molecule has 0 aromatic rings. The maximum Gasteiger partial charge on any atom is 0.0589 e. The van der Waals surface area contributed by atoms with Gasteiger partial charge in [0.25, 0.3) is 0 Å². The van der Waals surface area contributed by atoms with Gasteiger partial charge in [0.15, 0.2) is 0 Å². The van der Waals surface area contributed by atoms with E-state index >= 15 is 0 Å². The highest BCUT2D eigenvalue weighted by Crippen LogP contribution is 2.35. The molecule has 3 nitrogen and oxygen atoms in total. The Labute approximate surface area is 92.6 Å². The molecule has 1 saturated heterocycles. The number of aliphatic hydroxyl groups excluding tert-OH is 1. The normalized spacial score (nSPS) is 42.6. The molecule has 1 saturated carbocycles. The minimum atomic E-state index is 0.314. The molecule has 2 rings (SSSR count). The van der Waals surface area contributed by atoms with Crippen molar-refractivity contribution in [3.63, 3.8) is 0 Å². The van der Waals surface area contributed by atoms with Crippen molar-refractivity contribution >= 4 is 0 Å². The van der Waals surface area contributed by atoms with Gasteiger partial charge in [0.05, 0.1) is 6.61 Å². The first kappa shape index (κ1) is 11.4. The second-order valence-electron chi connectivity index (χ2n) is 5.25. The highest BCUT2D eigenvalue weighted by atomic mass is 16.3. The van der Waals surface area contributed by atoms with Gasteiger partial charge >= 0.3 is 0 Å². The number of nitrogens with zero attached hydrogens (tertiary/aromatic N) is 1. The third-order valence-electron chi connectivity index (χ3n) is 4.46. The summed E-state index contributed by atoms with van der Waals surface area (Å²) in [6.07, 6.45) is 5.11. The van der Waals surface area contributed by atoms with Crippen molar-refractivity contribution in [3.05, 3.63) is 0 Å². The van der Waals surface area contributed by atoms with Gasteiger partial charge in [-0.15, -0.1) is 0 Å².